The molecule has 0 aromatic heterocycles. The second-order valence-corrected chi connectivity index (χ2v) is 6.26. The van der Waals surface area contributed by atoms with Crippen LogP contribution in [-0.2, 0) is 17.6 Å². The van der Waals surface area contributed by atoms with Crippen LogP contribution in [0.25, 0.3) is 0 Å². The van der Waals surface area contributed by atoms with E-state index in [9.17, 15) is 9.90 Å². The normalized spacial score (nSPS) is 16.4. The molecule has 0 heterocycles. The van der Waals surface area contributed by atoms with Crippen molar-refractivity contribution in [3.05, 3.63) is 63.1 Å². The van der Waals surface area contributed by atoms with Gasteiger partial charge in [-0.25, -0.2) is 0 Å². The van der Waals surface area contributed by atoms with Crippen LogP contribution in [0.4, 0.5) is 0 Å². The van der Waals surface area contributed by atoms with Crippen LogP contribution in [0.3, 0.4) is 0 Å². The zero-order valence-corrected chi connectivity index (χ0v) is 13.3. The molecule has 3 rings (SSSR count). The van der Waals surface area contributed by atoms with Crippen molar-refractivity contribution < 1.29 is 9.90 Å². The number of phenolic OH excluding ortho intramolecular Hbond substituents is 1. The molecule has 1 unspecified atom stereocenters. The molecule has 3 nitrogen and oxygen atoms in total. The average Bonchev–Trinajstić information content (AvgIpc) is 2.88. The Kier molecular flexibility index (Phi) is 4.27. The highest BCUT2D eigenvalue weighted by molar-refractivity contribution is 6.37. The third-order valence-corrected chi connectivity index (χ3v) is 4.49. The second kappa shape index (κ2) is 6.19. The summed E-state index contributed by atoms with van der Waals surface area (Å²) in [4.78, 5) is 12.2. The van der Waals surface area contributed by atoms with Gasteiger partial charge in [-0.2, -0.15) is 0 Å². The standard InChI is InChI=1S/C17H15Cl2NO2/c18-13-7-10(8-14(19)17(13)22)9-16(21)20-15-6-5-11-3-1-2-4-12(11)15/h1-4,7-8,15,22H,5-6,9H2,(H,20,21). The average molecular weight is 336 g/mol. The van der Waals surface area contributed by atoms with Crippen molar-refractivity contribution in [2.45, 2.75) is 25.3 Å². The summed E-state index contributed by atoms with van der Waals surface area (Å²) in [6.07, 6.45) is 2.08. The molecule has 0 spiro atoms. The number of hydrogen-bond donors (Lipinski definition) is 2. The van der Waals surface area contributed by atoms with Gasteiger partial charge in [0.05, 0.1) is 22.5 Å². The second-order valence-electron chi connectivity index (χ2n) is 5.44. The summed E-state index contributed by atoms with van der Waals surface area (Å²) in [7, 11) is 0. The lowest BCUT2D eigenvalue weighted by atomic mass is 10.1. The molecule has 1 atom stereocenters. The van der Waals surface area contributed by atoms with Crippen molar-refractivity contribution in [1.29, 1.82) is 0 Å². The predicted octanol–water partition coefficient (Wildman–Crippen LogP) is 4.05. The van der Waals surface area contributed by atoms with Gasteiger partial charge in [0.25, 0.3) is 0 Å². The van der Waals surface area contributed by atoms with Crippen molar-refractivity contribution in [3.8, 4) is 5.75 Å². The zero-order chi connectivity index (χ0) is 15.7. The maximum absolute atomic E-state index is 12.2. The van der Waals surface area contributed by atoms with Crippen molar-refractivity contribution >= 4 is 29.1 Å². The van der Waals surface area contributed by atoms with Crippen LogP contribution < -0.4 is 5.32 Å². The molecule has 0 bridgehead atoms. The number of rotatable bonds is 3. The predicted molar refractivity (Wildman–Crippen MR) is 87.5 cm³/mol. The topological polar surface area (TPSA) is 49.3 Å². The van der Waals surface area contributed by atoms with E-state index >= 15 is 0 Å². The largest absolute Gasteiger partial charge is 0.505 e. The maximum atomic E-state index is 12.2. The minimum Gasteiger partial charge on any atom is -0.505 e. The van der Waals surface area contributed by atoms with Gasteiger partial charge in [0.15, 0.2) is 5.75 Å². The number of fused-ring (bicyclic) bond motifs is 1. The van der Waals surface area contributed by atoms with Gasteiger partial charge < -0.3 is 10.4 Å². The van der Waals surface area contributed by atoms with Crippen LogP contribution in [-0.4, -0.2) is 11.0 Å². The smallest absolute Gasteiger partial charge is 0.224 e. The van der Waals surface area contributed by atoms with E-state index in [1.807, 2.05) is 12.1 Å². The van der Waals surface area contributed by atoms with Gasteiger partial charge in [-0.1, -0.05) is 47.5 Å². The minimum atomic E-state index is -0.155. The Labute approximate surface area is 138 Å². The number of aryl methyl sites for hydroxylation is 1. The van der Waals surface area contributed by atoms with E-state index in [4.69, 9.17) is 23.2 Å². The Morgan fingerprint density at radius 2 is 1.91 bits per heavy atom. The monoisotopic (exact) mass is 335 g/mol. The fourth-order valence-electron chi connectivity index (χ4n) is 2.86. The summed E-state index contributed by atoms with van der Waals surface area (Å²) < 4.78 is 0. The van der Waals surface area contributed by atoms with E-state index in [1.165, 1.54) is 11.1 Å². The SMILES string of the molecule is O=C(Cc1cc(Cl)c(O)c(Cl)c1)NC1CCc2ccccc21. The number of carbonyl (C=O) groups excluding carboxylic acids is 1. The molecule has 0 saturated heterocycles. The van der Waals surface area contributed by atoms with Crippen LogP contribution in [0, 0.1) is 0 Å². The number of benzene rings is 2. The molecule has 0 radical (unpaired) electrons. The number of hydrogen-bond acceptors (Lipinski definition) is 2. The third kappa shape index (κ3) is 3.06. The molecule has 0 fully saturated rings. The first kappa shape index (κ1) is 15.2. The fraction of sp³-hybridized carbons (Fsp3) is 0.235. The van der Waals surface area contributed by atoms with Crippen molar-refractivity contribution in [2.24, 2.45) is 0 Å². The quantitative estimate of drug-likeness (QED) is 0.889. The summed E-state index contributed by atoms with van der Waals surface area (Å²) in [6.45, 7) is 0. The van der Waals surface area contributed by atoms with Gasteiger partial charge in [0.2, 0.25) is 5.91 Å². The summed E-state index contributed by atoms with van der Waals surface area (Å²) in [5.74, 6) is -0.239. The zero-order valence-electron chi connectivity index (χ0n) is 11.8. The van der Waals surface area contributed by atoms with Gasteiger partial charge in [0, 0.05) is 0 Å². The van der Waals surface area contributed by atoms with Crippen molar-refractivity contribution in [1.82, 2.24) is 5.32 Å². The summed E-state index contributed by atoms with van der Waals surface area (Å²) in [6, 6.07) is 11.3. The van der Waals surface area contributed by atoms with Crippen molar-refractivity contribution in [3.63, 3.8) is 0 Å². The molecule has 0 saturated carbocycles. The first-order valence-electron chi connectivity index (χ1n) is 7.08. The summed E-state index contributed by atoms with van der Waals surface area (Å²) in [5, 5.41) is 12.9. The number of carbonyl (C=O) groups is 1. The van der Waals surface area contributed by atoms with Gasteiger partial charge in [0.1, 0.15) is 0 Å². The van der Waals surface area contributed by atoms with Crippen LogP contribution in [0.15, 0.2) is 36.4 Å². The van der Waals surface area contributed by atoms with Gasteiger partial charge in [-0.05, 0) is 41.7 Å². The Morgan fingerprint density at radius 3 is 2.64 bits per heavy atom. The lowest BCUT2D eigenvalue weighted by Crippen LogP contribution is -2.28. The van der Waals surface area contributed by atoms with Gasteiger partial charge in [-0.3, -0.25) is 4.79 Å². The first-order chi connectivity index (χ1) is 10.5. The minimum absolute atomic E-state index is 0.0618. The lowest BCUT2D eigenvalue weighted by molar-refractivity contribution is -0.121. The molecule has 2 N–H and O–H groups in total. The van der Waals surface area contributed by atoms with Crippen LogP contribution in [0.2, 0.25) is 10.0 Å². The Morgan fingerprint density at radius 1 is 1.23 bits per heavy atom. The number of halogens is 2. The molecule has 2 aromatic carbocycles. The Bertz CT molecular complexity index is 707. The molecule has 1 amide bonds. The number of amides is 1. The highest BCUT2D eigenvalue weighted by Gasteiger charge is 2.23. The van der Waals surface area contributed by atoms with E-state index in [-0.39, 0.29) is 34.2 Å². The molecule has 2 aromatic rings. The fourth-order valence-corrected chi connectivity index (χ4v) is 3.39. The molecule has 5 heteroatoms. The maximum Gasteiger partial charge on any atom is 0.224 e. The van der Waals surface area contributed by atoms with E-state index in [0.29, 0.717) is 5.56 Å². The molecule has 0 aliphatic heterocycles. The summed E-state index contributed by atoms with van der Waals surface area (Å²) >= 11 is 11.7. The third-order valence-electron chi connectivity index (χ3n) is 3.91. The molecular formula is C17H15Cl2NO2. The molecular weight excluding hydrogens is 321 g/mol. The van der Waals surface area contributed by atoms with E-state index < -0.39 is 0 Å². The van der Waals surface area contributed by atoms with E-state index in [1.54, 1.807) is 12.1 Å². The number of phenols is 1. The number of aromatic hydroxyl groups is 1. The van der Waals surface area contributed by atoms with Crippen molar-refractivity contribution in [2.75, 3.05) is 0 Å². The van der Waals surface area contributed by atoms with Crippen LogP contribution >= 0.6 is 23.2 Å². The van der Waals surface area contributed by atoms with E-state index in [0.717, 1.165) is 12.8 Å². The van der Waals surface area contributed by atoms with E-state index in [2.05, 4.69) is 17.4 Å². The van der Waals surface area contributed by atoms with Crippen LogP contribution in [0.1, 0.15) is 29.2 Å². The highest BCUT2D eigenvalue weighted by Crippen LogP contribution is 2.33. The first-order valence-corrected chi connectivity index (χ1v) is 7.84. The summed E-state index contributed by atoms with van der Waals surface area (Å²) in [5.41, 5.74) is 3.16. The van der Waals surface area contributed by atoms with Crippen LogP contribution in [0.5, 0.6) is 5.75 Å². The Balaban J connectivity index is 1.69. The molecule has 1 aliphatic rings. The Hall–Kier alpha value is -1.71. The molecule has 1 aliphatic carbocycles. The highest BCUT2D eigenvalue weighted by atomic mass is 35.5. The number of nitrogens with one attached hydrogen (secondary N) is 1. The van der Waals surface area contributed by atoms with Gasteiger partial charge >= 0.3 is 0 Å². The lowest BCUT2D eigenvalue weighted by Gasteiger charge is -2.14. The molecule has 114 valence electrons. The van der Waals surface area contributed by atoms with Gasteiger partial charge in [-0.15, -0.1) is 0 Å². The molecule has 22 heavy (non-hydrogen) atoms.